The molecule has 0 amide bonds. The maximum absolute atomic E-state index is 5.69. The first-order valence-electron chi connectivity index (χ1n) is 5.36. The molecule has 0 aliphatic rings. The average molecular weight is 245 g/mol. The minimum absolute atomic E-state index is 0.167. The van der Waals surface area contributed by atoms with Crippen molar-refractivity contribution in [1.82, 2.24) is 15.0 Å². The molecule has 0 fully saturated rings. The van der Waals surface area contributed by atoms with Gasteiger partial charge in [0.15, 0.2) is 0 Å². The summed E-state index contributed by atoms with van der Waals surface area (Å²) in [5, 5.41) is 3.03. The van der Waals surface area contributed by atoms with Gasteiger partial charge in [0, 0.05) is 25.5 Å². The van der Waals surface area contributed by atoms with Crippen LogP contribution in [0.15, 0.2) is 24.3 Å². The van der Waals surface area contributed by atoms with Crippen molar-refractivity contribution >= 4 is 29.2 Å². The molecular formula is C11H15N7. The van der Waals surface area contributed by atoms with E-state index in [0.29, 0.717) is 17.6 Å². The van der Waals surface area contributed by atoms with E-state index in [-0.39, 0.29) is 5.95 Å². The Hall–Kier alpha value is -2.57. The second-order valence-electron chi connectivity index (χ2n) is 3.96. The summed E-state index contributed by atoms with van der Waals surface area (Å²) in [7, 11) is 3.66. The van der Waals surface area contributed by atoms with Crippen molar-refractivity contribution in [2.45, 2.75) is 0 Å². The van der Waals surface area contributed by atoms with E-state index in [0.717, 1.165) is 5.69 Å². The smallest absolute Gasteiger partial charge is 0.233 e. The number of aromatic nitrogens is 3. The monoisotopic (exact) mass is 245 g/mol. The van der Waals surface area contributed by atoms with Crippen LogP contribution in [-0.2, 0) is 0 Å². The van der Waals surface area contributed by atoms with Gasteiger partial charge in [0.25, 0.3) is 0 Å². The molecule has 18 heavy (non-hydrogen) atoms. The van der Waals surface area contributed by atoms with E-state index in [1.54, 1.807) is 17.0 Å². The molecule has 0 atom stereocenters. The SMILES string of the molecule is CN(C)c1nc(N)nc(Nc2cccc(N)c2)n1. The highest BCUT2D eigenvalue weighted by Gasteiger charge is 2.06. The molecule has 0 aliphatic heterocycles. The lowest BCUT2D eigenvalue weighted by Gasteiger charge is -2.12. The topological polar surface area (TPSA) is 106 Å². The highest BCUT2D eigenvalue weighted by molar-refractivity contribution is 5.60. The minimum Gasteiger partial charge on any atom is -0.399 e. The Bertz CT molecular complexity index is 553. The van der Waals surface area contributed by atoms with Crippen LogP contribution < -0.4 is 21.7 Å². The molecule has 7 heteroatoms. The molecular weight excluding hydrogens is 230 g/mol. The quantitative estimate of drug-likeness (QED) is 0.688. The molecule has 1 heterocycles. The predicted molar refractivity (Wildman–Crippen MR) is 72.7 cm³/mol. The van der Waals surface area contributed by atoms with E-state index in [9.17, 15) is 0 Å². The molecule has 0 unspecified atom stereocenters. The number of rotatable bonds is 3. The first-order valence-corrected chi connectivity index (χ1v) is 5.36. The van der Waals surface area contributed by atoms with Crippen LogP contribution in [0.2, 0.25) is 0 Å². The zero-order chi connectivity index (χ0) is 13.1. The number of nitrogens with zero attached hydrogens (tertiary/aromatic N) is 4. The van der Waals surface area contributed by atoms with Crippen molar-refractivity contribution < 1.29 is 0 Å². The van der Waals surface area contributed by atoms with Crippen molar-refractivity contribution in [3.8, 4) is 0 Å². The molecule has 2 rings (SSSR count). The van der Waals surface area contributed by atoms with Crippen LogP contribution in [0.1, 0.15) is 0 Å². The number of nitrogens with one attached hydrogen (secondary N) is 1. The molecule has 0 spiro atoms. The fourth-order valence-corrected chi connectivity index (χ4v) is 1.38. The molecule has 0 saturated carbocycles. The number of nitrogen functional groups attached to an aromatic ring is 2. The molecule has 0 aliphatic carbocycles. The van der Waals surface area contributed by atoms with Crippen LogP contribution in [0.5, 0.6) is 0 Å². The van der Waals surface area contributed by atoms with Crippen LogP contribution in [0.3, 0.4) is 0 Å². The molecule has 0 saturated heterocycles. The molecule has 5 N–H and O–H groups in total. The minimum atomic E-state index is 0.167. The van der Waals surface area contributed by atoms with Gasteiger partial charge in [0.2, 0.25) is 17.8 Å². The van der Waals surface area contributed by atoms with E-state index < -0.39 is 0 Å². The standard InChI is InChI=1S/C11H15N7/c1-18(2)11-16-9(13)15-10(17-11)14-8-5-3-4-7(12)6-8/h3-6H,12H2,1-2H3,(H3,13,14,15,16,17). The Morgan fingerprint density at radius 3 is 2.56 bits per heavy atom. The van der Waals surface area contributed by atoms with Crippen molar-refractivity contribution in [2.75, 3.05) is 35.8 Å². The molecule has 7 nitrogen and oxygen atoms in total. The Balaban J connectivity index is 2.29. The summed E-state index contributed by atoms with van der Waals surface area (Å²) in [5.74, 6) is 1.05. The largest absolute Gasteiger partial charge is 0.399 e. The van der Waals surface area contributed by atoms with E-state index >= 15 is 0 Å². The second-order valence-corrected chi connectivity index (χ2v) is 3.96. The molecule has 0 radical (unpaired) electrons. The van der Waals surface area contributed by atoms with Crippen LogP contribution >= 0.6 is 0 Å². The van der Waals surface area contributed by atoms with Gasteiger partial charge in [0.05, 0.1) is 0 Å². The number of nitrogens with two attached hydrogens (primary N) is 2. The third-order valence-corrected chi connectivity index (χ3v) is 2.18. The van der Waals surface area contributed by atoms with Crippen molar-refractivity contribution in [1.29, 1.82) is 0 Å². The fraction of sp³-hybridized carbons (Fsp3) is 0.182. The lowest BCUT2D eigenvalue weighted by Crippen LogP contribution is -2.15. The third-order valence-electron chi connectivity index (χ3n) is 2.18. The molecule has 0 bridgehead atoms. The number of hydrogen-bond donors (Lipinski definition) is 3. The lowest BCUT2D eigenvalue weighted by atomic mass is 10.3. The van der Waals surface area contributed by atoms with Crippen LogP contribution in [0, 0.1) is 0 Å². The average Bonchev–Trinajstić information content (AvgIpc) is 2.28. The van der Waals surface area contributed by atoms with Crippen molar-refractivity contribution in [3.63, 3.8) is 0 Å². The lowest BCUT2D eigenvalue weighted by molar-refractivity contribution is 0.969. The highest BCUT2D eigenvalue weighted by Crippen LogP contribution is 2.17. The number of anilines is 5. The summed E-state index contributed by atoms with van der Waals surface area (Å²) < 4.78 is 0. The summed E-state index contributed by atoms with van der Waals surface area (Å²) >= 11 is 0. The maximum Gasteiger partial charge on any atom is 0.233 e. The van der Waals surface area contributed by atoms with Gasteiger partial charge in [-0.2, -0.15) is 15.0 Å². The Morgan fingerprint density at radius 1 is 1.11 bits per heavy atom. The summed E-state index contributed by atoms with van der Waals surface area (Å²) in [6.07, 6.45) is 0. The number of benzene rings is 1. The Morgan fingerprint density at radius 2 is 1.89 bits per heavy atom. The molecule has 94 valence electrons. The molecule has 1 aromatic heterocycles. The van der Waals surface area contributed by atoms with Gasteiger partial charge in [-0.1, -0.05) is 6.07 Å². The highest BCUT2D eigenvalue weighted by atomic mass is 15.3. The zero-order valence-corrected chi connectivity index (χ0v) is 10.3. The molecule has 1 aromatic carbocycles. The van der Waals surface area contributed by atoms with Gasteiger partial charge in [-0.15, -0.1) is 0 Å². The van der Waals surface area contributed by atoms with E-state index in [1.807, 2.05) is 26.2 Å². The van der Waals surface area contributed by atoms with Crippen LogP contribution in [0.4, 0.5) is 29.2 Å². The van der Waals surface area contributed by atoms with Gasteiger partial charge in [0.1, 0.15) is 0 Å². The van der Waals surface area contributed by atoms with Gasteiger partial charge in [-0.3, -0.25) is 0 Å². The zero-order valence-electron chi connectivity index (χ0n) is 10.3. The van der Waals surface area contributed by atoms with Gasteiger partial charge >= 0.3 is 0 Å². The van der Waals surface area contributed by atoms with E-state index in [4.69, 9.17) is 11.5 Å². The summed E-state index contributed by atoms with van der Waals surface area (Å²) in [4.78, 5) is 14.0. The maximum atomic E-state index is 5.69. The van der Waals surface area contributed by atoms with Crippen LogP contribution in [-0.4, -0.2) is 29.0 Å². The summed E-state index contributed by atoms with van der Waals surface area (Å²) in [6.45, 7) is 0. The van der Waals surface area contributed by atoms with Gasteiger partial charge in [-0.25, -0.2) is 0 Å². The van der Waals surface area contributed by atoms with Gasteiger partial charge < -0.3 is 21.7 Å². The fourth-order valence-electron chi connectivity index (χ4n) is 1.38. The third kappa shape index (κ3) is 2.76. The first-order chi connectivity index (χ1) is 8.54. The predicted octanol–water partition coefficient (Wildman–Crippen LogP) is 0.846. The van der Waals surface area contributed by atoms with Crippen molar-refractivity contribution in [2.24, 2.45) is 0 Å². The van der Waals surface area contributed by atoms with Crippen LogP contribution in [0.25, 0.3) is 0 Å². The van der Waals surface area contributed by atoms with Gasteiger partial charge in [-0.05, 0) is 18.2 Å². The first kappa shape index (κ1) is 11.9. The summed E-state index contributed by atoms with van der Waals surface area (Å²) in [5.41, 5.74) is 12.8. The van der Waals surface area contributed by atoms with E-state index in [2.05, 4.69) is 20.3 Å². The Kier molecular flexibility index (Phi) is 3.13. The van der Waals surface area contributed by atoms with Crippen molar-refractivity contribution in [3.05, 3.63) is 24.3 Å². The Labute approximate surface area is 105 Å². The summed E-state index contributed by atoms with van der Waals surface area (Å²) in [6, 6.07) is 7.30. The molecule has 2 aromatic rings. The normalized spacial score (nSPS) is 10.1. The van der Waals surface area contributed by atoms with E-state index in [1.165, 1.54) is 0 Å². The second kappa shape index (κ2) is 4.74. The number of hydrogen-bond acceptors (Lipinski definition) is 7.